The number of aromatic nitrogens is 1. The van der Waals surface area contributed by atoms with E-state index in [0.717, 1.165) is 23.1 Å². The number of fused-ring (bicyclic) bond motifs is 1. The van der Waals surface area contributed by atoms with Crippen molar-refractivity contribution in [2.24, 2.45) is 5.92 Å². The lowest BCUT2D eigenvalue weighted by Crippen LogP contribution is -2.42. The van der Waals surface area contributed by atoms with Gasteiger partial charge in [0.15, 0.2) is 5.13 Å². The maximum Gasteiger partial charge on any atom is 0.310 e. The standard InChI is InChI=1S/C16H19N3O3S/c1-2-22-15(21)11-4-3-7-19(9-11)14(20)10-5-6-12-13(8-10)23-16(17)18-12/h5-6,8,11H,2-4,7,9H2,1H3,(H2,17,18). The fourth-order valence-corrected chi connectivity index (χ4v) is 3.65. The summed E-state index contributed by atoms with van der Waals surface area (Å²) in [5, 5.41) is 0.491. The summed E-state index contributed by atoms with van der Waals surface area (Å²) in [5.41, 5.74) is 7.10. The molecule has 0 bridgehead atoms. The Morgan fingerprint density at radius 1 is 1.48 bits per heavy atom. The molecular weight excluding hydrogens is 314 g/mol. The van der Waals surface area contributed by atoms with Crippen LogP contribution in [0.3, 0.4) is 0 Å². The monoisotopic (exact) mass is 333 g/mol. The largest absolute Gasteiger partial charge is 0.466 e. The summed E-state index contributed by atoms with van der Waals surface area (Å²) in [6.45, 7) is 3.24. The first-order chi connectivity index (χ1) is 11.1. The van der Waals surface area contributed by atoms with E-state index in [0.29, 0.717) is 30.4 Å². The topological polar surface area (TPSA) is 85.5 Å². The Labute approximate surface area is 138 Å². The highest BCUT2D eigenvalue weighted by Gasteiger charge is 2.29. The Hall–Kier alpha value is -2.15. The molecule has 0 spiro atoms. The molecule has 1 unspecified atom stereocenters. The lowest BCUT2D eigenvalue weighted by molar-refractivity contribution is -0.149. The molecule has 1 fully saturated rings. The SMILES string of the molecule is CCOC(=O)C1CCCN(C(=O)c2ccc3nc(N)sc3c2)C1. The second kappa shape index (κ2) is 6.54. The zero-order chi connectivity index (χ0) is 16.4. The lowest BCUT2D eigenvalue weighted by atomic mass is 9.97. The maximum atomic E-state index is 12.7. The summed E-state index contributed by atoms with van der Waals surface area (Å²) >= 11 is 1.36. The molecule has 1 amide bonds. The number of piperidine rings is 1. The molecule has 2 aromatic rings. The third-order valence-electron chi connectivity index (χ3n) is 3.98. The number of nitrogens with zero attached hydrogens (tertiary/aromatic N) is 2. The number of rotatable bonds is 3. The van der Waals surface area contributed by atoms with Gasteiger partial charge in [0.05, 0.1) is 22.7 Å². The first kappa shape index (κ1) is 15.7. The quantitative estimate of drug-likeness (QED) is 0.871. The Balaban J connectivity index is 1.76. The predicted octanol–water partition coefficient (Wildman–Crippen LogP) is 2.29. The molecule has 0 saturated carbocycles. The number of benzene rings is 1. The number of thiazole rings is 1. The van der Waals surface area contributed by atoms with Crippen LogP contribution in [-0.4, -0.2) is 41.5 Å². The van der Waals surface area contributed by atoms with E-state index in [1.807, 2.05) is 12.1 Å². The molecule has 2 heterocycles. The third-order valence-corrected chi connectivity index (χ3v) is 4.83. The maximum absolute atomic E-state index is 12.7. The van der Waals surface area contributed by atoms with Crippen molar-refractivity contribution in [2.45, 2.75) is 19.8 Å². The van der Waals surface area contributed by atoms with Gasteiger partial charge in [0.25, 0.3) is 5.91 Å². The van der Waals surface area contributed by atoms with Gasteiger partial charge < -0.3 is 15.4 Å². The van der Waals surface area contributed by atoms with E-state index in [9.17, 15) is 9.59 Å². The Kier molecular flexibility index (Phi) is 4.47. The van der Waals surface area contributed by atoms with Crippen LogP contribution in [0.5, 0.6) is 0 Å². The molecule has 1 aliphatic heterocycles. The van der Waals surface area contributed by atoms with Crippen LogP contribution in [-0.2, 0) is 9.53 Å². The van der Waals surface area contributed by atoms with Gasteiger partial charge in [0.1, 0.15) is 0 Å². The first-order valence-electron chi connectivity index (χ1n) is 7.70. The first-order valence-corrected chi connectivity index (χ1v) is 8.52. The van der Waals surface area contributed by atoms with Gasteiger partial charge in [-0.15, -0.1) is 0 Å². The molecule has 23 heavy (non-hydrogen) atoms. The summed E-state index contributed by atoms with van der Waals surface area (Å²) in [7, 11) is 0. The molecular formula is C16H19N3O3S. The predicted molar refractivity (Wildman–Crippen MR) is 89.3 cm³/mol. The molecule has 2 N–H and O–H groups in total. The Morgan fingerprint density at radius 2 is 2.30 bits per heavy atom. The highest BCUT2D eigenvalue weighted by molar-refractivity contribution is 7.22. The van der Waals surface area contributed by atoms with Gasteiger partial charge >= 0.3 is 5.97 Å². The summed E-state index contributed by atoms with van der Waals surface area (Å²) in [6.07, 6.45) is 1.58. The number of carbonyl (C=O) groups excluding carboxylic acids is 2. The number of ether oxygens (including phenoxy) is 1. The second-order valence-electron chi connectivity index (χ2n) is 5.58. The molecule has 1 saturated heterocycles. The van der Waals surface area contributed by atoms with Crippen LogP contribution in [0.1, 0.15) is 30.1 Å². The van der Waals surface area contributed by atoms with Gasteiger partial charge in [-0.3, -0.25) is 9.59 Å². The van der Waals surface area contributed by atoms with Gasteiger partial charge in [0.2, 0.25) is 0 Å². The molecule has 3 rings (SSSR count). The Morgan fingerprint density at radius 3 is 3.09 bits per heavy atom. The van der Waals surface area contributed by atoms with Gasteiger partial charge in [-0.05, 0) is 38.0 Å². The molecule has 7 heteroatoms. The number of anilines is 1. The van der Waals surface area contributed by atoms with E-state index >= 15 is 0 Å². The molecule has 0 radical (unpaired) electrons. The summed E-state index contributed by atoms with van der Waals surface area (Å²) in [6, 6.07) is 5.39. The molecule has 1 aromatic heterocycles. The van der Waals surface area contributed by atoms with Crippen molar-refractivity contribution in [3.05, 3.63) is 23.8 Å². The van der Waals surface area contributed by atoms with E-state index in [-0.39, 0.29) is 17.8 Å². The summed E-state index contributed by atoms with van der Waals surface area (Å²) in [4.78, 5) is 30.5. The number of esters is 1. The highest BCUT2D eigenvalue weighted by atomic mass is 32.1. The van der Waals surface area contributed by atoms with Crippen molar-refractivity contribution >= 4 is 38.6 Å². The smallest absolute Gasteiger partial charge is 0.310 e. The van der Waals surface area contributed by atoms with E-state index in [1.165, 1.54) is 11.3 Å². The van der Waals surface area contributed by atoms with E-state index in [1.54, 1.807) is 17.9 Å². The number of nitrogens with two attached hydrogens (primary N) is 1. The van der Waals surface area contributed by atoms with E-state index in [2.05, 4.69) is 4.98 Å². The van der Waals surface area contributed by atoms with Gasteiger partial charge in [-0.2, -0.15) is 0 Å². The van der Waals surface area contributed by atoms with Crippen molar-refractivity contribution in [3.63, 3.8) is 0 Å². The normalized spacial score (nSPS) is 18.1. The number of carbonyl (C=O) groups is 2. The number of nitrogen functional groups attached to an aromatic ring is 1. The van der Waals surface area contributed by atoms with Crippen molar-refractivity contribution in [1.29, 1.82) is 0 Å². The minimum absolute atomic E-state index is 0.0622. The number of amides is 1. The molecule has 122 valence electrons. The number of hydrogen-bond donors (Lipinski definition) is 1. The van der Waals surface area contributed by atoms with Crippen LogP contribution in [0.2, 0.25) is 0 Å². The molecule has 1 aromatic carbocycles. The van der Waals surface area contributed by atoms with Crippen LogP contribution in [0, 0.1) is 5.92 Å². The molecule has 1 atom stereocenters. The van der Waals surface area contributed by atoms with Crippen molar-refractivity contribution in [3.8, 4) is 0 Å². The van der Waals surface area contributed by atoms with Gasteiger partial charge in [-0.25, -0.2) is 4.98 Å². The minimum atomic E-state index is -0.226. The molecule has 1 aliphatic rings. The number of likely N-dealkylation sites (tertiary alicyclic amines) is 1. The minimum Gasteiger partial charge on any atom is -0.466 e. The van der Waals surface area contributed by atoms with E-state index in [4.69, 9.17) is 10.5 Å². The Bertz CT molecular complexity index is 743. The zero-order valence-electron chi connectivity index (χ0n) is 12.9. The fourth-order valence-electron chi connectivity index (χ4n) is 2.87. The molecule has 6 nitrogen and oxygen atoms in total. The van der Waals surface area contributed by atoms with Crippen LogP contribution >= 0.6 is 11.3 Å². The molecule has 0 aliphatic carbocycles. The van der Waals surface area contributed by atoms with Crippen molar-refractivity contribution in [2.75, 3.05) is 25.4 Å². The van der Waals surface area contributed by atoms with Crippen LogP contribution in [0.15, 0.2) is 18.2 Å². The van der Waals surface area contributed by atoms with Crippen molar-refractivity contribution in [1.82, 2.24) is 9.88 Å². The fraction of sp³-hybridized carbons (Fsp3) is 0.438. The highest BCUT2D eigenvalue weighted by Crippen LogP contribution is 2.26. The van der Waals surface area contributed by atoms with Crippen LogP contribution < -0.4 is 5.73 Å². The number of hydrogen-bond acceptors (Lipinski definition) is 6. The average Bonchev–Trinajstić information content (AvgIpc) is 2.93. The van der Waals surface area contributed by atoms with E-state index < -0.39 is 0 Å². The van der Waals surface area contributed by atoms with Crippen molar-refractivity contribution < 1.29 is 14.3 Å². The summed E-state index contributed by atoms with van der Waals surface area (Å²) in [5.74, 6) is -0.501. The lowest BCUT2D eigenvalue weighted by Gasteiger charge is -2.31. The van der Waals surface area contributed by atoms with Crippen LogP contribution in [0.4, 0.5) is 5.13 Å². The average molecular weight is 333 g/mol. The van der Waals surface area contributed by atoms with Gasteiger partial charge in [0, 0.05) is 18.7 Å². The van der Waals surface area contributed by atoms with Crippen LogP contribution in [0.25, 0.3) is 10.2 Å². The zero-order valence-corrected chi connectivity index (χ0v) is 13.8. The second-order valence-corrected chi connectivity index (χ2v) is 6.64. The van der Waals surface area contributed by atoms with Gasteiger partial charge in [-0.1, -0.05) is 11.3 Å². The summed E-state index contributed by atoms with van der Waals surface area (Å²) < 4.78 is 5.97. The third kappa shape index (κ3) is 3.29.